The van der Waals surface area contributed by atoms with Crippen LogP contribution in [-0.4, -0.2) is 49.6 Å². The van der Waals surface area contributed by atoms with Gasteiger partial charge in [-0.15, -0.1) is 0 Å². The highest BCUT2D eigenvalue weighted by molar-refractivity contribution is 5.98. The molecule has 0 saturated carbocycles. The molecule has 0 bridgehead atoms. The topological polar surface area (TPSA) is 87.9 Å². The number of fused-ring (bicyclic) bond motifs is 2. The van der Waals surface area contributed by atoms with E-state index in [1.807, 2.05) is 42.5 Å². The van der Waals surface area contributed by atoms with Gasteiger partial charge < -0.3 is 24.3 Å². The van der Waals surface area contributed by atoms with Gasteiger partial charge in [0.1, 0.15) is 11.3 Å². The number of rotatable bonds is 3. The Labute approximate surface area is 179 Å². The minimum atomic E-state index is -0.719. The third-order valence-corrected chi connectivity index (χ3v) is 5.98. The first kappa shape index (κ1) is 19.4. The second-order valence-electron chi connectivity index (χ2n) is 7.86. The minimum Gasteiger partial charge on any atom is -0.477 e. The predicted octanol–water partition coefficient (Wildman–Crippen LogP) is 2.58. The van der Waals surface area contributed by atoms with Gasteiger partial charge in [0.05, 0.1) is 12.2 Å². The van der Waals surface area contributed by atoms with E-state index in [-0.39, 0.29) is 24.3 Å². The maximum atomic E-state index is 13.4. The van der Waals surface area contributed by atoms with Crippen LogP contribution in [0.4, 0.5) is 11.7 Å². The zero-order chi connectivity index (χ0) is 21.4. The van der Waals surface area contributed by atoms with Crippen molar-refractivity contribution in [3.05, 3.63) is 48.5 Å². The largest absolute Gasteiger partial charge is 0.477 e. The molecular weight excluding hydrogens is 396 g/mol. The Kier molecular flexibility index (Phi) is 4.97. The Bertz CT molecular complexity index is 1090. The van der Waals surface area contributed by atoms with E-state index in [9.17, 15) is 9.59 Å². The molecule has 1 aromatic heterocycles. The standard InChI is InChI=1S/C23H24N4O4/c1-24-21(28)20-14-27(17-7-3-5-9-19(17)30-20)22(29)15-10-12-26(13-11-15)23-25-16-6-2-4-8-18(16)31-23/h2-9,15,20H,10-14H2,1H3,(H,24,28)/t20-/m1/s1. The van der Waals surface area contributed by atoms with Gasteiger partial charge in [-0.2, -0.15) is 4.98 Å². The van der Waals surface area contributed by atoms with Gasteiger partial charge in [0.15, 0.2) is 11.7 Å². The fourth-order valence-electron chi connectivity index (χ4n) is 4.27. The molecule has 3 heterocycles. The van der Waals surface area contributed by atoms with E-state index < -0.39 is 6.10 Å². The number of ether oxygens (including phenoxy) is 1. The third-order valence-electron chi connectivity index (χ3n) is 5.98. The number of benzene rings is 2. The molecule has 1 fully saturated rings. The van der Waals surface area contributed by atoms with Crippen molar-refractivity contribution in [2.45, 2.75) is 18.9 Å². The van der Waals surface area contributed by atoms with E-state index in [1.54, 1.807) is 18.0 Å². The maximum absolute atomic E-state index is 13.4. The molecule has 8 heteroatoms. The summed E-state index contributed by atoms with van der Waals surface area (Å²) in [7, 11) is 1.57. The molecular formula is C23H24N4O4. The smallest absolute Gasteiger partial charge is 0.298 e. The van der Waals surface area contributed by atoms with Crippen molar-refractivity contribution in [1.29, 1.82) is 0 Å². The van der Waals surface area contributed by atoms with Crippen LogP contribution in [0.5, 0.6) is 5.75 Å². The summed E-state index contributed by atoms with van der Waals surface area (Å²) in [5.41, 5.74) is 2.32. The molecule has 0 radical (unpaired) electrons. The number of aromatic nitrogens is 1. The van der Waals surface area contributed by atoms with E-state index in [1.165, 1.54) is 0 Å². The van der Waals surface area contributed by atoms with Crippen LogP contribution in [-0.2, 0) is 9.59 Å². The summed E-state index contributed by atoms with van der Waals surface area (Å²) in [6.45, 7) is 1.59. The molecule has 0 spiro atoms. The zero-order valence-electron chi connectivity index (χ0n) is 17.3. The number of piperidine rings is 1. The summed E-state index contributed by atoms with van der Waals surface area (Å²) in [5.74, 6) is 0.219. The molecule has 160 valence electrons. The third kappa shape index (κ3) is 3.58. The number of hydrogen-bond acceptors (Lipinski definition) is 6. The molecule has 31 heavy (non-hydrogen) atoms. The van der Waals surface area contributed by atoms with Crippen LogP contribution in [0.2, 0.25) is 0 Å². The number of oxazole rings is 1. The molecule has 5 rings (SSSR count). The van der Waals surface area contributed by atoms with Crippen LogP contribution in [0.15, 0.2) is 52.9 Å². The first-order valence-electron chi connectivity index (χ1n) is 10.5. The van der Waals surface area contributed by atoms with Crippen molar-refractivity contribution in [3.63, 3.8) is 0 Å². The van der Waals surface area contributed by atoms with E-state index >= 15 is 0 Å². The van der Waals surface area contributed by atoms with Crippen molar-refractivity contribution in [2.75, 3.05) is 36.5 Å². The lowest BCUT2D eigenvalue weighted by Crippen LogP contribution is -2.52. The van der Waals surface area contributed by atoms with Gasteiger partial charge in [0.25, 0.3) is 11.9 Å². The second kappa shape index (κ2) is 7.94. The molecule has 1 N–H and O–H groups in total. The highest BCUT2D eigenvalue weighted by atomic mass is 16.5. The Balaban J connectivity index is 1.31. The Hall–Kier alpha value is -3.55. The van der Waals surface area contributed by atoms with Crippen LogP contribution in [0.1, 0.15) is 12.8 Å². The van der Waals surface area contributed by atoms with Crippen LogP contribution < -0.4 is 19.9 Å². The lowest BCUT2D eigenvalue weighted by Gasteiger charge is -2.38. The fraction of sp³-hybridized carbons (Fsp3) is 0.348. The minimum absolute atomic E-state index is 0.0295. The normalized spacial score (nSPS) is 19.1. The van der Waals surface area contributed by atoms with Crippen molar-refractivity contribution >= 4 is 34.6 Å². The molecule has 8 nitrogen and oxygen atoms in total. The van der Waals surface area contributed by atoms with Gasteiger partial charge in [0, 0.05) is 26.1 Å². The summed E-state index contributed by atoms with van der Waals surface area (Å²) in [4.78, 5) is 34.0. The number of carbonyl (C=O) groups excluding carboxylic acids is 2. The number of nitrogens with one attached hydrogen (secondary N) is 1. The Morgan fingerprint density at radius 3 is 2.58 bits per heavy atom. The molecule has 2 amide bonds. The SMILES string of the molecule is CNC(=O)[C@H]1CN(C(=O)C2CCN(c3nc4ccccc4o3)CC2)c2ccccc2O1. The predicted molar refractivity (Wildman–Crippen MR) is 116 cm³/mol. The van der Waals surface area contributed by atoms with Gasteiger partial charge in [-0.3, -0.25) is 9.59 Å². The fourth-order valence-corrected chi connectivity index (χ4v) is 4.27. The molecule has 2 aromatic carbocycles. The van der Waals surface area contributed by atoms with Crippen molar-refractivity contribution < 1.29 is 18.7 Å². The molecule has 1 saturated heterocycles. The molecule has 0 unspecified atom stereocenters. The van der Waals surface area contributed by atoms with Crippen molar-refractivity contribution in [2.24, 2.45) is 5.92 Å². The summed E-state index contributed by atoms with van der Waals surface area (Å²) in [5, 5.41) is 2.61. The zero-order valence-corrected chi connectivity index (χ0v) is 17.3. The number of anilines is 2. The summed E-state index contributed by atoms with van der Waals surface area (Å²) >= 11 is 0. The quantitative estimate of drug-likeness (QED) is 0.701. The van der Waals surface area contributed by atoms with Crippen LogP contribution >= 0.6 is 0 Å². The van der Waals surface area contributed by atoms with E-state index in [4.69, 9.17) is 9.15 Å². The number of likely N-dealkylation sites (N-methyl/N-ethyl adjacent to an activating group) is 1. The number of hydrogen-bond donors (Lipinski definition) is 1. The lowest BCUT2D eigenvalue weighted by molar-refractivity contribution is -0.128. The summed E-state index contributed by atoms with van der Waals surface area (Å²) < 4.78 is 11.7. The molecule has 2 aliphatic heterocycles. The maximum Gasteiger partial charge on any atom is 0.298 e. The number of carbonyl (C=O) groups is 2. The van der Waals surface area contributed by atoms with E-state index in [0.717, 1.165) is 11.1 Å². The van der Waals surface area contributed by atoms with E-state index in [0.29, 0.717) is 43.4 Å². The Morgan fingerprint density at radius 2 is 1.81 bits per heavy atom. The van der Waals surface area contributed by atoms with Crippen LogP contribution in [0.25, 0.3) is 11.1 Å². The van der Waals surface area contributed by atoms with Crippen LogP contribution in [0.3, 0.4) is 0 Å². The second-order valence-corrected chi connectivity index (χ2v) is 7.86. The monoisotopic (exact) mass is 420 g/mol. The first-order chi connectivity index (χ1) is 15.1. The molecule has 3 aromatic rings. The van der Waals surface area contributed by atoms with Crippen LogP contribution in [0, 0.1) is 5.92 Å². The van der Waals surface area contributed by atoms with Gasteiger partial charge in [-0.05, 0) is 37.1 Å². The average molecular weight is 420 g/mol. The van der Waals surface area contributed by atoms with Gasteiger partial charge in [0.2, 0.25) is 5.91 Å². The molecule has 0 aliphatic carbocycles. The lowest BCUT2D eigenvalue weighted by atomic mass is 9.94. The van der Waals surface area contributed by atoms with Gasteiger partial charge in [-0.1, -0.05) is 24.3 Å². The Morgan fingerprint density at radius 1 is 1.06 bits per heavy atom. The first-order valence-corrected chi connectivity index (χ1v) is 10.5. The molecule has 2 aliphatic rings. The van der Waals surface area contributed by atoms with Gasteiger partial charge >= 0.3 is 0 Å². The average Bonchev–Trinajstić information content (AvgIpc) is 3.27. The number of para-hydroxylation sites is 4. The summed E-state index contributed by atoms with van der Waals surface area (Å²) in [6.07, 6.45) is 0.674. The van der Waals surface area contributed by atoms with Crippen molar-refractivity contribution in [1.82, 2.24) is 10.3 Å². The van der Waals surface area contributed by atoms with Gasteiger partial charge in [-0.25, -0.2) is 0 Å². The van der Waals surface area contributed by atoms with E-state index in [2.05, 4.69) is 15.2 Å². The summed E-state index contributed by atoms with van der Waals surface area (Å²) in [6, 6.07) is 15.7. The molecule has 1 atom stereocenters. The highest BCUT2D eigenvalue weighted by Crippen LogP contribution is 2.35. The number of nitrogens with zero attached hydrogens (tertiary/aromatic N) is 3. The van der Waals surface area contributed by atoms with Crippen molar-refractivity contribution in [3.8, 4) is 5.75 Å². The number of amides is 2. The highest BCUT2D eigenvalue weighted by Gasteiger charge is 2.37.